The molecule has 0 bridgehead atoms. The van der Waals surface area contributed by atoms with Gasteiger partial charge in [0.2, 0.25) is 0 Å². The van der Waals surface area contributed by atoms with Crippen LogP contribution >= 0.6 is 11.6 Å². The van der Waals surface area contributed by atoms with Crippen molar-refractivity contribution in [2.45, 2.75) is 10.6 Å². The SMILES string of the molecule is Nc1ccc(S(=O)(=O)Cc2cc(Cl)ccc2F)cc1F. The van der Waals surface area contributed by atoms with Gasteiger partial charge in [-0.3, -0.25) is 0 Å². The highest BCUT2D eigenvalue weighted by atomic mass is 35.5. The van der Waals surface area contributed by atoms with Crippen molar-refractivity contribution in [3.8, 4) is 0 Å². The number of anilines is 1. The van der Waals surface area contributed by atoms with Crippen LogP contribution in [0.4, 0.5) is 14.5 Å². The Morgan fingerprint density at radius 2 is 1.75 bits per heavy atom. The van der Waals surface area contributed by atoms with Crippen LogP contribution in [-0.2, 0) is 15.6 Å². The second-order valence-corrected chi connectivity index (χ2v) is 6.60. The Bertz CT molecular complexity index is 763. The number of hydrogen-bond donors (Lipinski definition) is 1. The lowest BCUT2D eigenvalue weighted by atomic mass is 10.2. The lowest BCUT2D eigenvalue weighted by Gasteiger charge is -2.07. The zero-order valence-electron chi connectivity index (χ0n) is 10.1. The van der Waals surface area contributed by atoms with Crippen molar-refractivity contribution in [1.82, 2.24) is 0 Å². The summed E-state index contributed by atoms with van der Waals surface area (Å²) in [4.78, 5) is -0.261. The summed E-state index contributed by atoms with van der Waals surface area (Å²) < 4.78 is 51.1. The Kier molecular flexibility index (Phi) is 3.96. The lowest BCUT2D eigenvalue weighted by Crippen LogP contribution is -2.07. The lowest BCUT2D eigenvalue weighted by molar-refractivity contribution is 0.584. The second-order valence-electron chi connectivity index (χ2n) is 4.18. The summed E-state index contributed by atoms with van der Waals surface area (Å²) in [5, 5.41) is 0.222. The number of halogens is 3. The van der Waals surface area contributed by atoms with E-state index < -0.39 is 27.2 Å². The Labute approximate surface area is 119 Å². The standard InChI is InChI=1S/C13H10ClF2NO2S/c14-9-1-3-11(15)8(5-9)7-20(18,19)10-2-4-13(17)12(16)6-10/h1-6H,7,17H2. The van der Waals surface area contributed by atoms with Crippen LogP contribution in [0.5, 0.6) is 0 Å². The third-order valence-corrected chi connectivity index (χ3v) is 4.58. The van der Waals surface area contributed by atoms with Gasteiger partial charge in [0.1, 0.15) is 11.6 Å². The molecule has 0 aliphatic carbocycles. The van der Waals surface area contributed by atoms with Crippen LogP contribution in [0, 0.1) is 11.6 Å². The van der Waals surface area contributed by atoms with E-state index in [4.69, 9.17) is 17.3 Å². The van der Waals surface area contributed by atoms with Crippen LogP contribution in [0.25, 0.3) is 0 Å². The number of benzene rings is 2. The van der Waals surface area contributed by atoms with Crippen molar-refractivity contribution in [3.05, 3.63) is 58.6 Å². The fraction of sp³-hybridized carbons (Fsp3) is 0.0769. The zero-order valence-corrected chi connectivity index (χ0v) is 11.7. The van der Waals surface area contributed by atoms with E-state index in [-0.39, 0.29) is 21.2 Å². The van der Waals surface area contributed by atoms with E-state index in [9.17, 15) is 17.2 Å². The van der Waals surface area contributed by atoms with Gasteiger partial charge in [0.25, 0.3) is 0 Å². The minimum Gasteiger partial charge on any atom is -0.396 e. The first-order valence-electron chi connectivity index (χ1n) is 5.51. The number of rotatable bonds is 3. The minimum atomic E-state index is -3.89. The van der Waals surface area contributed by atoms with Crippen molar-refractivity contribution in [1.29, 1.82) is 0 Å². The molecule has 0 heterocycles. The van der Waals surface area contributed by atoms with Crippen LogP contribution in [0.15, 0.2) is 41.3 Å². The molecule has 2 N–H and O–H groups in total. The van der Waals surface area contributed by atoms with E-state index in [0.29, 0.717) is 0 Å². The second kappa shape index (κ2) is 5.38. The van der Waals surface area contributed by atoms with Crippen molar-refractivity contribution in [2.24, 2.45) is 0 Å². The molecule has 0 aliphatic rings. The first-order valence-corrected chi connectivity index (χ1v) is 7.54. The molecule has 0 atom stereocenters. The number of nitrogen functional groups attached to an aromatic ring is 1. The summed E-state index contributed by atoms with van der Waals surface area (Å²) in [5.74, 6) is -2.13. The molecule has 0 saturated heterocycles. The normalized spacial score (nSPS) is 11.6. The van der Waals surface area contributed by atoms with E-state index in [1.807, 2.05) is 0 Å². The molecule has 0 fully saturated rings. The Balaban J connectivity index is 2.40. The molecule has 0 aliphatic heterocycles. The van der Waals surface area contributed by atoms with Crippen LogP contribution < -0.4 is 5.73 Å². The van der Waals surface area contributed by atoms with Crippen molar-refractivity contribution < 1.29 is 17.2 Å². The average molecular weight is 318 g/mol. The van der Waals surface area contributed by atoms with Crippen LogP contribution in [0.1, 0.15) is 5.56 Å². The summed E-state index contributed by atoms with van der Waals surface area (Å²) in [5.41, 5.74) is 5.05. The summed E-state index contributed by atoms with van der Waals surface area (Å²) in [6, 6.07) is 6.76. The zero-order chi connectivity index (χ0) is 14.9. The largest absolute Gasteiger partial charge is 0.396 e. The smallest absolute Gasteiger partial charge is 0.182 e. The molecule has 20 heavy (non-hydrogen) atoms. The molecule has 0 aromatic heterocycles. The minimum absolute atomic E-state index is 0.0743. The highest BCUT2D eigenvalue weighted by molar-refractivity contribution is 7.90. The third-order valence-electron chi connectivity index (χ3n) is 2.68. The molecule has 0 radical (unpaired) electrons. The maximum atomic E-state index is 13.5. The summed E-state index contributed by atoms with van der Waals surface area (Å²) in [7, 11) is -3.89. The van der Waals surface area contributed by atoms with Crippen LogP contribution in [-0.4, -0.2) is 8.42 Å². The van der Waals surface area contributed by atoms with Gasteiger partial charge < -0.3 is 5.73 Å². The molecule has 0 spiro atoms. The summed E-state index contributed by atoms with van der Waals surface area (Å²) in [6.45, 7) is 0. The molecule has 2 aromatic rings. The number of sulfone groups is 1. The first kappa shape index (κ1) is 14.7. The fourth-order valence-corrected chi connectivity index (χ4v) is 3.19. The van der Waals surface area contributed by atoms with Gasteiger partial charge in [0.15, 0.2) is 9.84 Å². The van der Waals surface area contributed by atoms with E-state index in [1.54, 1.807) is 0 Å². The third kappa shape index (κ3) is 3.08. The topological polar surface area (TPSA) is 60.2 Å². The van der Waals surface area contributed by atoms with Crippen molar-refractivity contribution >= 4 is 27.1 Å². The Morgan fingerprint density at radius 1 is 1.05 bits per heavy atom. The van der Waals surface area contributed by atoms with Gasteiger partial charge in [0, 0.05) is 10.6 Å². The maximum Gasteiger partial charge on any atom is 0.182 e. The molecule has 0 saturated carbocycles. The average Bonchev–Trinajstić information content (AvgIpc) is 2.36. The van der Waals surface area contributed by atoms with E-state index >= 15 is 0 Å². The van der Waals surface area contributed by atoms with Crippen LogP contribution in [0.2, 0.25) is 5.02 Å². The van der Waals surface area contributed by atoms with Gasteiger partial charge in [-0.25, -0.2) is 17.2 Å². The van der Waals surface area contributed by atoms with Gasteiger partial charge in [-0.2, -0.15) is 0 Å². The predicted octanol–water partition coefficient (Wildman–Crippen LogP) is 3.17. The van der Waals surface area contributed by atoms with E-state index in [2.05, 4.69) is 0 Å². The fourth-order valence-electron chi connectivity index (χ4n) is 1.64. The molecule has 2 aromatic carbocycles. The summed E-state index contributed by atoms with van der Waals surface area (Å²) in [6.07, 6.45) is 0. The van der Waals surface area contributed by atoms with Gasteiger partial charge in [-0.15, -0.1) is 0 Å². The molecular formula is C13H10ClF2NO2S. The molecule has 3 nitrogen and oxygen atoms in total. The molecule has 7 heteroatoms. The first-order chi connectivity index (χ1) is 9.29. The Hall–Kier alpha value is -1.66. The number of nitrogens with two attached hydrogens (primary N) is 1. The highest BCUT2D eigenvalue weighted by Crippen LogP contribution is 2.23. The monoisotopic (exact) mass is 317 g/mol. The van der Waals surface area contributed by atoms with Gasteiger partial charge in [-0.05, 0) is 36.4 Å². The predicted molar refractivity (Wildman–Crippen MR) is 73.1 cm³/mol. The highest BCUT2D eigenvalue weighted by Gasteiger charge is 2.19. The van der Waals surface area contributed by atoms with Crippen molar-refractivity contribution in [2.75, 3.05) is 5.73 Å². The Morgan fingerprint density at radius 3 is 2.40 bits per heavy atom. The van der Waals surface area contributed by atoms with Gasteiger partial charge >= 0.3 is 0 Å². The van der Waals surface area contributed by atoms with E-state index in [1.165, 1.54) is 18.2 Å². The number of hydrogen-bond acceptors (Lipinski definition) is 3. The van der Waals surface area contributed by atoms with Gasteiger partial charge in [-0.1, -0.05) is 11.6 Å². The molecule has 0 unspecified atom stereocenters. The summed E-state index contributed by atoms with van der Waals surface area (Å²) >= 11 is 5.70. The van der Waals surface area contributed by atoms with Gasteiger partial charge in [0.05, 0.1) is 16.3 Å². The molecule has 2 rings (SSSR count). The maximum absolute atomic E-state index is 13.5. The van der Waals surface area contributed by atoms with E-state index in [0.717, 1.165) is 18.2 Å². The molecule has 106 valence electrons. The quantitative estimate of drug-likeness (QED) is 0.884. The molecular weight excluding hydrogens is 308 g/mol. The van der Waals surface area contributed by atoms with Crippen molar-refractivity contribution in [3.63, 3.8) is 0 Å². The molecule has 0 amide bonds. The van der Waals surface area contributed by atoms with Crippen LogP contribution in [0.3, 0.4) is 0 Å².